The Labute approximate surface area is 123 Å². The predicted molar refractivity (Wildman–Crippen MR) is 80.1 cm³/mol. The lowest BCUT2D eigenvalue weighted by atomic mass is 10.2. The number of aliphatic carboxylic acids is 1. The number of para-hydroxylation sites is 1. The molecule has 0 bridgehead atoms. The van der Waals surface area contributed by atoms with Crippen LogP contribution in [0, 0.1) is 3.57 Å². The summed E-state index contributed by atoms with van der Waals surface area (Å²) < 4.78 is 6.63. The fourth-order valence-corrected chi connectivity index (χ4v) is 1.86. The van der Waals surface area contributed by atoms with E-state index in [2.05, 4.69) is 27.6 Å². The fourth-order valence-electron chi connectivity index (χ4n) is 1.36. The highest BCUT2D eigenvalue weighted by atomic mass is 127. The van der Waals surface area contributed by atoms with Crippen molar-refractivity contribution in [2.75, 3.05) is 0 Å². The van der Waals surface area contributed by atoms with Gasteiger partial charge in [0.25, 0.3) is 0 Å². The largest absolute Gasteiger partial charge is 0.478 e. The smallest absolute Gasteiger partial charge is 0.328 e. The molecule has 5 heteroatoms. The molecule has 0 radical (unpaired) electrons. The monoisotopic (exact) mass is 367 g/mol. The van der Waals surface area contributed by atoms with Crippen LogP contribution in [0.2, 0.25) is 0 Å². The van der Waals surface area contributed by atoms with E-state index in [4.69, 9.17) is 9.84 Å². The lowest BCUT2D eigenvalue weighted by Crippen LogP contribution is -1.90. The number of aromatic nitrogens is 1. The van der Waals surface area contributed by atoms with Crippen LogP contribution >= 0.6 is 22.6 Å². The van der Waals surface area contributed by atoms with Gasteiger partial charge >= 0.3 is 5.97 Å². The first kappa shape index (κ1) is 13.5. The van der Waals surface area contributed by atoms with Crippen LogP contribution < -0.4 is 4.74 Å². The molecule has 0 amide bonds. The first-order valence-corrected chi connectivity index (χ1v) is 6.52. The van der Waals surface area contributed by atoms with Gasteiger partial charge in [0.05, 0.1) is 3.57 Å². The van der Waals surface area contributed by atoms with Crippen LogP contribution in [0.1, 0.15) is 5.56 Å². The second-order valence-corrected chi connectivity index (χ2v) is 4.80. The standard InChI is InChI=1S/C14H10INO3/c15-11-3-1-2-4-12(11)19-13-7-5-10(9-16-13)6-8-14(17)18/h1-9H,(H,17,18)/b8-6+. The van der Waals surface area contributed by atoms with Gasteiger partial charge in [-0.05, 0) is 52.4 Å². The Kier molecular flexibility index (Phi) is 4.51. The number of ether oxygens (including phenoxy) is 1. The SMILES string of the molecule is O=C(O)/C=C/c1ccc(Oc2ccccc2I)nc1. The number of carboxylic acid groups (broad SMARTS) is 1. The summed E-state index contributed by atoms with van der Waals surface area (Å²) in [6, 6.07) is 11.1. The Morgan fingerprint density at radius 3 is 2.68 bits per heavy atom. The van der Waals surface area contributed by atoms with Gasteiger partial charge in [-0.1, -0.05) is 12.1 Å². The van der Waals surface area contributed by atoms with Gasteiger partial charge in [-0.15, -0.1) is 0 Å². The molecule has 0 aliphatic carbocycles. The van der Waals surface area contributed by atoms with Crippen LogP contribution in [0.5, 0.6) is 11.6 Å². The fraction of sp³-hybridized carbons (Fsp3) is 0. The van der Waals surface area contributed by atoms with Crippen molar-refractivity contribution in [1.29, 1.82) is 0 Å². The van der Waals surface area contributed by atoms with E-state index in [1.807, 2.05) is 24.3 Å². The zero-order valence-electron chi connectivity index (χ0n) is 9.79. The summed E-state index contributed by atoms with van der Waals surface area (Å²) in [6.45, 7) is 0. The maximum Gasteiger partial charge on any atom is 0.328 e. The molecule has 0 aliphatic rings. The molecule has 1 aromatic heterocycles. The second-order valence-electron chi connectivity index (χ2n) is 3.63. The molecule has 19 heavy (non-hydrogen) atoms. The van der Waals surface area contributed by atoms with Gasteiger partial charge in [0.2, 0.25) is 5.88 Å². The lowest BCUT2D eigenvalue weighted by Gasteiger charge is -2.06. The van der Waals surface area contributed by atoms with Crippen LogP contribution in [-0.4, -0.2) is 16.1 Å². The first-order valence-electron chi connectivity index (χ1n) is 5.44. The molecule has 0 spiro atoms. The Hall–Kier alpha value is -1.89. The molecule has 0 atom stereocenters. The average Bonchev–Trinajstić information content (AvgIpc) is 2.40. The molecule has 96 valence electrons. The molecule has 1 N–H and O–H groups in total. The number of hydrogen-bond acceptors (Lipinski definition) is 3. The molecule has 1 aromatic carbocycles. The Morgan fingerprint density at radius 2 is 2.05 bits per heavy atom. The van der Waals surface area contributed by atoms with Crippen molar-refractivity contribution in [3.8, 4) is 11.6 Å². The topological polar surface area (TPSA) is 59.4 Å². The van der Waals surface area contributed by atoms with E-state index in [1.165, 1.54) is 6.08 Å². The predicted octanol–water partition coefficient (Wildman–Crippen LogP) is 3.58. The molecule has 0 saturated carbocycles. The summed E-state index contributed by atoms with van der Waals surface area (Å²) in [5.41, 5.74) is 0.706. The average molecular weight is 367 g/mol. The lowest BCUT2D eigenvalue weighted by molar-refractivity contribution is -0.131. The van der Waals surface area contributed by atoms with E-state index in [-0.39, 0.29) is 0 Å². The number of carbonyl (C=O) groups is 1. The quantitative estimate of drug-likeness (QED) is 0.663. The van der Waals surface area contributed by atoms with E-state index in [0.29, 0.717) is 11.4 Å². The summed E-state index contributed by atoms with van der Waals surface area (Å²) in [6.07, 6.45) is 4.10. The van der Waals surface area contributed by atoms with E-state index in [1.54, 1.807) is 18.3 Å². The number of rotatable bonds is 4. The minimum atomic E-state index is -0.987. The van der Waals surface area contributed by atoms with E-state index < -0.39 is 5.97 Å². The van der Waals surface area contributed by atoms with Crippen molar-refractivity contribution < 1.29 is 14.6 Å². The molecular formula is C14H10INO3. The summed E-state index contributed by atoms with van der Waals surface area (Å²) in [7, 11) is 0. The van der Waals surface area contributed by atoms with Crippen molar-refractivity contribution in [2.45, 2.75) is 0 Å². The third kappa shape index (κ3) is 4.06. The normalized spacial score (nSPS) is 10.6. The van der Waals surface area contributed by atoms with Crippen LogP contribution in [0.25, 0.3) is 6.08 Å². The maximum absolute atomic E-state index is 10.4. The Balaban J connectivity index is 2.11. The number of benzene rings is 1. The highest BCUT2D eigenvalue weighted by Gasteiger charge is 2.02. The van der Waals surface area contributed by atoms with Crippen LogP contribution in [0.3, 0.4) is 0 Å². The number of nitrogens with zero attached hydrogens (tertiary/aromatic N) is 1. The van der Waals surface area contributed by atoms with Crippen molar-refractivity contribution in [3.63, 3.8) is 0 Å². The maximum atomic E-state index is 10.4. The van der Waals surface area contributed by atoms with Gasteiger partial charge in [-0.3, -0.25) is 0 Å². The Bertz CT molecular complexity index is 608. The molecule has 4 nitrogen and oxygen atoms in total. The van der Waals surface area contributed by atoms with Gasteiger partial charge < -0.3 is 9.84 Å². The van der Waals surface area contributed by atoms with Gasteiger partial charge in [0.15, 0.2) is 0 Å². The molecule has 0 saturated heterocycles. The summed E-state index contributed by atoms with van der Waals surface area (Å²) in [5.74, 6) is 0.222. The zero-order chi connectivity index (χ0) is 13.7. The van der Waals surface area contributed by atoms with Crippen LogP contribution in [0.4, 0.5) is 0 Å². The minimum Gasteiger partial charge on any atom is -0.478 e. The van der Waals surface area contributed by atoms with Gasteiger partial charge in [-0.25, -0.2) is 9.78 Å². The molecular weight excluding hydrogens is 357 g/mol. The second kappa shape index (κ2) is 6.33. The van der Waals surface area contributed by atoms with Gasteiger partial charge in [0, 0.05) is 18.3 Å². The summed E-state index contributed by atoms with van der Waals surface area (Å²) in [4.78, 5) is 14.5. The van der Waals surface area contributed by atoms with Crippen molar-refractivity contribution in [3.05, 3.63) is 57.8 Å². The van der Waals surface area contributed by atoms with Gasteiger partial charge in [-0.2, -0.15) is 0 Å². The molecule has 0 aliphatic heterocycles. The molecule has 2 aromatic rings. The highest BCUT2D eigenvalue weighted by molar-refractivity contribution is 14.1. The zero-order valence-corrected chi connectivity index (χ0v) is 11.9. The molecule has 1 heterocycles. The van der Waals surface area contributed by atoms with E-state index >= 15 is 0 Å². The Morgan fingerprint density at radius 1 is 1.26 bits per heavy atom. The van der Waals surface area contributed by atoms with Crippen molar-refractivity contribution in [2.24, 2.45) is 0 Å². The number of carboxylic acids is 1. The number of pyridine rings is 1. The van der Waals surface area contributed by atoms with E-state index in [9.17, 15) is 4.79 Å². The highest BCUT2D eigenvalue weighted by Crippen LogP contribution is 2.24. The summed E-state index contributed by atoms with van der Waals surface area (Å²) in [5, 5.41) is 8.52. The van der Waals surface area contributed by atoms with Crippen molar-refractivity contribution in [1.82, 2.24) is 4.98 Å². The van der Waals surface area contributed by atoms with Crippen LogP contribution in [-0.2, 0) is 4.79 Å². The summed E-state index contributed by atoms with van der Waals surface area (Å²) >= 11 is 2.19. The number of hydrogen-bond donors (Lipinski definition) is 1. The van der Waals surface area contributed by atoms with Gasteiger partial charge in [0.1, 0.15) is 5.75 Å². The minimum absolute atomic E-state index is 0.469. The molecule has 0 fully saturated rings. The number of halogens is 1. The molecule has 2 rings (SSSR count). The third-order valence-electron chi connectivity index (χ3n) is 2.23. The first-order chi connectivity index (χ1) is 9.15. The van der Waals surface area contributed by atoms with Crippen molar-refractivity contribution >= 4 is 34.6 Å². The third-order valence-corrected chi connectivity index (χ3v) is 3.12. The van der Waals surface area contributed by atoms with Crippen LogP contribution in [0.15, 0.2) is 48.7 Å². The van der Waals surface area contributed by atoms with E-state index in [0.717, 1.165) is 15.4 Å². The molecule has 0 unspecified atom stereocenters.